The van der Waals surface area contributed by atoms with Gasteiger partial charge in [-0.3, -0.25) is 9.36 Å². The second kappa shape index (κ2) is 9.16. The summed E-state index contributed by atoms with van der Waals surface area (Å²) in [5, 5.41) is 0.907. The molecule has 0 aliphatic carbocycles. The fourth-order valence-corrected chi connectivity index (χ4v) is 3.77. The summed E-state index contributed by atoms with van der Waals surface area (Å²) in [5.41, 5.74) is 1.77. The molecule has 1 aromatic heterocycles. The van der Waals surface area contributed by atoms with Crippen molar-refractivity contribution in [2.45, 2.75) is 0 Å². The van der Waals surface area contributed by atoms with Gasteiger partial charge in [-0.15, -0.1) is 0 Å². The summed E-state index contributed by atoms with van der Waals surface area (Å²) in [7, 11) is 4.71. The van der Waals surface area contributed by atoms with Crippen molar-refractivity contribution in [2.75, 3.05) is 21.3 Å². The monoisotopic (exact) mass is 448 g/mol. The highest BCUT2D eigenvalue weighted by Gasteiger charge is 2.13. The van der Waals surface area contributed by atoms with Gasteiger partial charge >= 0.3 is 0 Å². The van der Waals surface area contributed by atoms with Crippen LogP contribution in [0.2, 0.25) is 5.02 Å². The van der Waals surface area contributed by atoms with E-state index in [-0.39, 0.29) is 5.56 Å². The van der Waals surface area contributed by atoms with Crippen molar-refractivity contribution in [1.82, 2.24) is 9.55 Å². The maximum Gasteiger partial charge on any atom is 0.266 e. The maximum absolute atomic E-state index is 13.4. The molecule has 162 valence electrons. The maximum atomic E-state index is 13.4. The number of methoxy groups -OCH3 is 3. The smallest absolute Gasteiger partial charge is 0.266 e. The molecule has 6 nitrogen and oxygen atoms in total. The molecule has 32 heavy (non-hydrogen) atoms. The molecule has 0 amide bonds. The molecule has 0 bridgehead atoms. The van der Waals surface area contributed by atoms with Crippen molar-refractivity contribution in [3.05, 3.63) is 87.4 Å². The minimum atomic E-state index is -0.200. The second-order valence-electron chi connectivity index (χ2n) is 6.86. The van der Waals surface area contributed by atoms with Crippen molar-refractivity contribution >= 4 is 34.7 Å². The normalized spacial score (nSPS) is 11.1. The quantitative estimate of drug-likeness (QED) is 0.404. The van der Waals surface area contributed by atoms with Crippen LogP contribution in [0.3, 0.4) is 0 Å². The number of hydrogen-bond acceptors (Lipinski definition) is 5. The molecule has 4 aromatic rings. The number of rotatable bonds is 6. The van der Waals surface area contributed by atoms with Gasteiger partial charge in [0, 0.05) is 5.56 Å². The first-order valence-electron chi connectivity index (χ1n) is 9.82. The van der Waals surface area contributed by atoms with Gasteiger partial charge in [-0.2, -0.15) is 0 Å². The Morgan fingerprint density at radius 2 is 1.66 bits per heavy atom. The first-order chi connectivity index (χ1) is 15.6. The molecule has 0 atom stereocenters. The second-order valence-corrected chi connectivity index (χ2v) is 7.27. The third-order valence-electron chi connectivity index (χ3n) is 5.04. The highest BCUT2D eigenvalue weighted by molar-refractivity contribution is 6.32. The lowest BCUT2D eigenvalue weighted by atomic mass is 10.1. The van der Waals surface area contributed by atoms with E-state index in [9.17, 15) is 4.79 Å². The predicted octanol–water partition coefficient (Wildman–Crippen LogP) is 5.24. The van der Waals surface area contributed by atoms with Crippen LogP contribution in [0.1, 0.15) is 11.4 Å². The first kappa shape index (κ1) is 21.5. The zero-order valence-electron chi connectivity index (χ0n) is 17.8. The zero-order chi connectivity index (χ0) is 22.7. The van der Waals surface area contributed by atoms with Crippen LogP contribution in [0, 0.1) is 0 Å². The number of hydrogen-bond donors (Lipinski definition) is 0. The third kappa shape index (κ3) is 3.92. The molecule has 0 spiro atoms. The molecule has 0 saturated carbocycles. The minimum absolute atomic E-state index is 0.200. The summed E-state index contributed by atoms with van der Waals surface area (Å²) in [6, 6.07) is 18.0. The molecule has 0 saturated heterocycles. The van der Waals surface area contributed by atoms with E-state index in [0.717, 1.165) is 5.56 Å². The SMILES string of the molecule is COc1ccc(-n2c(C=Cc3cccc(OC)c3OC)nc3ccccc3c2=O)cc1Cl. The Hall–Kier alpha value is -3.77. The van der Waals surface area contributed by atoms with Crippen LogP contribution in [0.5, 0.6) is 17.2 Å². The van der Waals surface area contributed by atoms with E-state index in [4.69, 9.17) is 30.8 Å². The van der Waals surface area contributed by atoms with Gasteiger partial charge in [0.2, 0.25) is 0 Å². The Balaban J connectivity index is 1.93. The molecule has 7 heteroatoms. The van der Waals surface area contributed by atoms with Crippen molar-refractivity contribution in [2.24, 2.45) is 0 Å². The van der Waals surface area contributed by atoms with E-state index in [1.54, 1.807) is 51.7 Å². The van der Waals surface area contributed by atoms with Crippen molar-refractivity contribution < 1.29 is 14.2 Å². The van der Waals surface area contributed by atoms with Crippen LogP contribution in [-0.4, -0.2) is 30.9 Å². The van der Waals surface area contributed by atoms with Crippen LogP contribution in [-0.2, 0) is 0 Å². The number of ether oxygens (including phenoxy) is 3. The van der Waals surface area contributed by atoms with Crippen LogP contribution < -0.4 is 19.8 Å². The van der Waals surface area contributed by atoms with Gasteiger partial charge in [-0.25, -0.2) is 4.98 Å². The molecule has 0 aliphatic rings. The van der Waals surface area contributed by atoms with E-state index in [1.165, 1.54) is 4.57 Å². The lowest BCUT2D eigenvalue weighted by Crippen LogP contribution is -2.22. The summed E-state index contributed by atoms with van der Waals surface area (Å²) in [6.45, 7) is 0. The molecule has 0 unspecified atom stereocenters. The highest BCUT2D eigenvalue weighted by atomic mass is 35.5. The van der Waals surface area contributed by atoms with Gasteiger partial charge in [0.25, 0.3) is 5.56 Å². The van der Waals surface area contributed by atoms with Crippen molar-refractivity contribution in [3.8, 4) is 22.9 Å². The summed E-state index contributed by atoms with van der Waals surface area (Å²) >= 11 is 6.34. The molecule has 0 fully saturated rings. The number of nitrogens with zero attached hydrogens (tertiary/aromatic N) is 2. The Labute approximate surface area is 190 Å². The summed E-state index contributed by atoms with van der Waals surface area (Å²) in [5.74, 6) is 2.17. The number of benzene rings is 3. The van der Waals surface area contributed by atoms with Crippen LogP contribution in [0.25, 0.3) is 28.7 Å². The standard InChI is InChI=1S/C25H21ClN2O4/c1-30-21-13-12-17(15-19(21)26)28-23(27-20-9-5-4-8-18(20)25(28)29)14-11-16-7-6-10-22(31-2)24(16)32-3/h4-15H,1-3H3. The fraction of sp³-hybridized carbons (Fsp3) is 0.120. The fourth-order valence-electron chi connectivity index (χ4n) is 3.51. The average Bonchev–Trinajstić information content (AvgIpc) is 2.82. The molecular weight excluding hydrogens is 428 g/mol. The predicted molar refractivity (Wildman–Crippen MR) is 127 cm³/mol. The first-order valence-corrected chi connectivity index (χ1v) is 10.2. The number of fused-ring (bicyclic) bond motifs is 1. The van der Waals surface area contributed by atoms with Crippen LogP contribution >= 0.6 is 11.6 Å². The zero-order valence-corrected chi connectivity index (χ0v) is 18.6. The van der Waals surface area contributed by atoms with Crippen molar-refractivity contribution in [3.63, 3.8) is 0 Å². The van der Waals surface area contributed by atoms with Crippen molar-refractivity contribution in [1.29, 1.82) is 0 Å². The Morgan fingerprint density at radius 3 is 2.38 bits per heavy atom. The molecule has 3 aromatic carbocycles. The lowest BCUT2D eigenvalue weighted by molar-refractivity contribution is 0.354. The number of aromatic nitrogens is 2. The average molecular weight is 449 g/mol. The molecule has 0 N–H and O–H groups in total. The van der Waals surface area contributed by atoms with Gasteiger partial charge in [-0.05, 0) is 48.6 Å². The molecule has 0 radical (unpaired) electrons. The minimum Gasteiger partial charge on any atom is -0.495 e. The summed E-state index contributed by atoms with van der Waals surface area (Å²) in [6.07, 6.45) is 3.60. The summed E-state index contributed by atoms with van der Waals surface area (Å²) in [4.78, 5) is 18.1. The van der Waals surface area contributed by atoms with Gasteiger partial charge in [0.05, 0.1) is 42.9 Å². The van der Waals surface area contributed by atoms with Gasteiger partial charge < -0.3 is 14.2 Å². The lowest BCUT2D eigenvalue weighted by Gasteiger charge is -2.13. The Morgan fingerprint density at radius 1 is 0.875 bits per heavy atom. The number of para-hydroxylation sites is 2. The highest BCUT2D eigenvalue weighted by Crippen LogP contribution is 2.32. The number of halogens is 1. The Bertz CT molecular complexity index is 1380. The van der Waals surface area contributed by atoms with Gasteiger partial charge in [0.1, 0.15) is 11.6 Å². The van der Waals surface area contributed by atoms with Gasteiger partial charge in [0.15, 0.2) is 11.5 Å². The van der Waals surface area contributed by atoms with E-state index in [1.807, 2.05) is 42.5 Å². The summed E-state index contributed by atoms with van der Waals surface area (Å²) < 4.78 is 17.7. The van der Waals surface area contributed by atoms with Crippen LogP contribution in [0.15, 0.2) is 65.5 Å². The van der Waals surface area contributed by atoms with Gasteiger partial charge in [-0.1, -0.05) is 35.9 Å². The Kier molecular flexibility index (Phi) is 6.14. The molecule has 4 rings (SSSR count). The van der Waals surface area contributed by atoms with E-state index < -0.39 is 0 Å². The molecule has 1 heterocycles. The third-order valence-corrected chi connectivity index (χ3v) is 5.34. The van der Waals surface area contributed by atoms with Crippen LogP contribution in [0.4, 0.5) is 0 Å². The molecule has 0 aliphatic heterocycles. The van der Waals surface area contributed by atoms with E-state index in [0.29, 0.717) is 44.7 Å². The van der Waals surface area contributed by atoms with E-state index >= 15 is 0 Å². The topological polar surface area (TPSA) is 62.6 Å². The molecular formula is C25H21ClN2O4. The van der Waals surface area contributed by atoms with E-state index in [2.05, 4.69) is 0 Å². The largest absolute Gasteiger partial charge is 0.495 e.